The highest BCUT2D eigenvalue weighted by atomic mass is 32.2. The van der Waals surface area contributed by atoms with Crippen LogP contribution in [0.15, 0.2) is 52.7 Å². The Morgan fingerprint density at radius 3 is 2.81 bits per heavy atom. The summed E-state index contributed by atoms with van der Waals surface area (Å²) in [6, 6.07) is 13.5. The molecule has 2 aromatic carbocycles. The van der Waals surface area contributed by atoms with E-state index in [0.29, 0.717) is 12.5 Å². The monoisotopic (exact) mass is 373 g/mol. The first-order chi connectivity index (χ1) is 12.5. The number of hydrogen-bond acceptors (Lipinski definition) is 6. The van der Waals surface area contributed by atoms with Crippen LogP contribution in [0.1, 0.15) is 5.56 Å². The number of aromatic nitrogens is 2. The largest absolute Gasteiger partial charge is 0.372 e. The van der Waals surface area contributed by atoms with Crippen LogP contribution in [0.25, 0.3) is 11.0 Å². The Morgan fingerprint density at radius 1 is 1.27 bits per heavy atom. The maximum Gasteiger partial charge on any atom is 0.301 e. The van der Waals surface area contributed by atoms with Crippen LogP contribution in [0.4, 0.5) is 17.3 Å². The summed E-state index contributed by atoms with van der Waals surface area (Å²) in [5, 5.41) is 8.45. The molecule has 0 fully saturated rings. The van der Waals surface area contributed by atoms with Crippen LogP contribution in [0.3, 0.4) is 0 Å². The van der Waals surface area contributed by atoms with E-state index in [-0.39, 0.29) is 6.61 Å². The summed E-state index contributed by atoms with van der Waals surface area (Å²) in [6.45, 7) is 2.60. The molecule has 0 aliphatic heterocycles. The van der Waals surface area contributed by atoms with Crippen molar-refractivity contribution in [3.63, 3.8) is 0 Å². The number of hydrogen-bond donors (Lipinski definition) is 2. The van der Waals surface area contributed by atoms with Gasteiger partial charge in [-0.1, -0.05) is 12.1 Å². The average Bonchev–Trinajstić information content (AvgIpc) is 3.03. The Morgan fingerprint density at radius 2 is 2.08 bits per heavy atom. The lowest BCUT2D eigenvalue weighted by Crippen LogP contribution is -2.22. The molecule has 136 valence electrons. The van der Waals surface area contributed by atoms with Gasteiger partial charge in [0.1, 0.15) is 0 Å². The summed E-state index contributed by atoms with van der Waals surface area (Å²) in [5.41, 5.74) is 4.43. The molecule has 0 aliphatic carbocycles. The van der Waals surface area contributed by atoms with Crippen molar-refractivity contribution in [1.82, 2.24) is 9.97 Å². The minimum atomic E-state index is -2.24. The third-order valence-corrected chi connectivity index (χ3v) is 4.23. The highest BCUT2D eigenvalue weighted by molar-refractivity contribution is 7.74. The summed E-state index contributed by atoms with van der Waals surface area (Å²) in [7, 11) is 1.88. The van der Waals surface area contributed by atoms with E-state index in [4.69, 9.17) is 4.55 Å². The van der Waals surface area contributed by atoms with E-state index in [1.165, 1.54) is 0 Å². The lowest BCUT2D eigenvalue weighted by atomic mass is 10.1. The standard InChI is InChI=1S/C17H19N5O3S/c1-12-11-13(22(2)9-10-25-26(23)24)7-8-14(12)20-21-17-18-15-5-3-4-6-16(15)19-17/h3-8,11H,9-10H2,1-2H3,(H,18,19)(H,23,24). The SMILES string of the molecule is Cc1cc(N(C)CCOS(=O)O)ccc1N=Nc1nc2ccccc2[nH]1. The van der Waals surface area contributed by atoms with Crippen LogP contribution in [-0.4, -0.2) is 38.9 Å². The van der Waals surface area contributed by atoms with Crippen LogP contribution >= 0.6 is 0 Å². The predicted octanol–water partition coefficient (Wildman–Crippen LogP) is 3.88. The Labute approximate surface area is 153 Å². The van der Waals surface area contributed by atoms with Gasteiger partial charge in [0.05, 0.1) is 23.3 Å². The Hall–Kier alpha value is -2.62. The van der Waals surface area contributed by atoms with Gasteiger partial charge in [-0.15, -0.1) is 10.2 Å². The molecule has 0 saturated carbocycles. The van der Waals surface area contributed by atoms with Crippen molar-refractivity contribution in [2.24, 2.45) is 10.2 Å². The van der Waals surface area contributed by atoms with Crippen LogP contribution in [0, 0.1) is 6.92 Å². The predicted molar refractivity (Wildman–Crippen MR) is 101 cm³/mol. The van der Waals surface area contributed by atoms with Gasteiger partial charge in [0.25, 0.3) is 0 Å². The van der Waals surface area contributed by atoms with Gasteiger partial charge in [0, 0.05) is 19.3 Å². The van der Waals surface area contributed by atoms with Gasteiger partial charge in [-0.3, -0.25) is 8.74 Å². The third-order valence-electron chi connectivity index (χ3n) is 3.86. The molecule has 2 N–H and O–H groups in total. The Balaban J connectivity index is 1.69. The lowest BCUT2D eigenvalue weighted by Gasteiger charge is -2.19. The maximum atomic E-state index is 10.5. The Kier molecular flexibility index (Phi) is 5.71. The number of likely N-dealkylation sites (N-methyl/N-ethyl adjacent to an activating group) is 1. The molecule has 0 spiro atoms. The molecule has 0 amide bonds. The van der Waals surface area contributed by atoms with Gasteiger partial charge in [-0.25, -0.2) is 4.98 Å². The molecule has 26 heavy (non-hydrogen) atoms. The van der Waals surface area contributed by atoms with Gasteiger partial charge < -0.3 is 9.88 Å². The van der Waals surface area contributed by atoms with Crippen LogP contribution in [0.2, 0.25) is 0 Å². The number of azo groups is 1. The van der Waals surface area contributed by atoms with Crippen molar-refractivity contribution < 1.29 is 12.9 Å². The number of para-hydroxylation sites is 2. The second-order valence-corrected chi connectivity index (χ2v) is 6.38. The lowest BCUT2D eigenvalue weighted by molar-refractivity contribution is 0.314. The van der Waals surface area contributed by atoms with Crippen molar-refractivity contribution >= 4 is 39.7 Å². The summed E-state index contributed by atoms with van der Waals surface area (Å²) < 4.78 is 23.8. The molecule has 3 rings (SSSR count). The molecule has 0 bridgehead atoms. The summed E-state index contributed by atoms with van der Waals surface area (Å²) in [4.78, 5) is 9.41. The second-order valence-electron chi connectivity index (χ2n) is 5.71. The molecule has 1 heterocycles. The fourth-order valence-electron chi connectivity index (χ4n) is 2.45. The van der Waals surface area contributed by atoms with E-state index < -0.39 is 11.4 Å². The number of nitrogens with one attached hydrogen (secondary N) is 1. The number of aromatic amines is 1. The zero-order valence-electron chi connectivity index (χ0n) is 14.4. The second kappa shape index (κ2) is 8.17. The molecular weight excluding hydrogens is 354 g/mol. The number of nitrogens with zero attached hydrogens (tertiary/aromatic N) is 4. The van der Waals surface area contributed by atoms with Crippen molar-refractivity contribution in [1.29, 1.82) is 0 Å². The summed E-state index contributed by atoms with van der Waals surface area (Å²) in [6.07, 6.45) is 0. The molecule has 1 atom stereocenters. The quantitative estimate of drug-likeness (QED) is 0.483. The number of fused-ring (bicyclic) bond motifs is 1. The maximum absolute atomic E-state index is 10.5. The topological polar surface area (TPSA) is 103 Å². The summed E-state index contributed by atoms with van der Waals surface area (Å²) >= 11 is -2.24. The smallest absolute Gasteiger partial charge is 0.301 e. The molecular formula is C17H19N5O3S. The number of rotatable bonds is 7. The molecule has 0 aliphatic rings. The number of H-pyrrole nitrogens is 1. The number of benzene rings is 2. The average molecular weight is 373 g/mol. The van der Waals surface area contributed by atoms with Crippen LogP contribution < -0.4 is 4.90 Å². The molecule has 1 aromatic heterocycles. The minimum Gasteiger partial charge on any atom is -0.372 e. The zero-order chi connectivity index (χ0) is 18.5. The highest BCUT2D eigenvalue weighted by Gasteiger charge is 2.06. The van der Waals surface area contributed by atoms with Crippen molar-refractivity contribution in [2.75, 3.05) is 25.1 Å². The number of aryl methyl sites for hydroxylation is 1. The number of imidazole rings is 1. The molecule has 0 radical (unpaired) electrons. The molecule has 3 aromatic rings. The molecule has 1 unspecified atom stereocenters. The van der Waals surface area contributed by atoms with Crippen molar-refractivity contribution in [3.8, 4) is 0 Å². The van der Waals surface area contributed by atoms with E-state index in [1.807, 2.05) is 61.3 Å². The van der Waals surface area contributed by atoms with Gasteiger partial charge in [0.15, 0.2) is 0 Å². The number of anilines is 1. The normalized spacial score (nSPS) is 12.7. The fourth-order valence-corrected chi connectivity index (χ4v) is 2.67. The van der Waals surface area contributed by atoms with E-state index in [2.05, 4.69) is 24.4 Å². The van der Waals surface area contributed by atoms with Gasteiger partial charge in [0.2, 0.25) is 5.95 Å². The first-order valence-electron chi connectivity index (χ1n) is 7.95. The van der Waals surface area contributed by atoms with Crippen LogP contribution in [0.5, 0.6) is 0 Å². The molecule has 8 nitrogen and oxygen atoms in total. The van der Waals surface area contributed by atoms with E-state index in [9.17, 15) is 4.21 Å². The third kappa shape index (κ3) is 4.51. The van der Waals surface area contributed by atoms with Gasteiger partial charge in [-0.2, -0.15) is 4.21 Å². The van der Waals surface area contributed by atoms with Gasteiger partial charge in [-0.05, 0) is 42.8 Å². The van der Waals surface area contributed by atoms with E-state index >= 15 is 0 Å². The molecule has 9 heteroatoms. The van der Waals surface area contributed by atoms with Gasteiger partial charge >= 0.3 is 11.4 Å². The first kappa shape index (κ1) is 18.2. The van der Waals surface area contributed by atoms with Crippen LogP contribution in [-0.2, 0) is 15.5 Å². The zero-order valence-corrected chi connectivity index (χ0v) is 15.2. The fraction of sp³-hybridized carbons (Fsp3) is 0.235. The Bertz CT molecular complexity index is 923. The van der Waals surface area contributed by atoms with Crippen molar-refractivity contribution in [2.45, 2.75) is 6.92 Å². The minimum absolute atomic E-state index is 0.159. The highest BCUT2D eigenvalue weighted by Crippen LogP contribution is 2.26. The van der Waals surface area contributed by atoms with E-state index in [0.717, 1.165) is 28.0 Å². The van der Waals surface area contributed by atoms with E-state index in [1.54, 1.807) is 0 Å². The van der Waals surface area contributed by atoms with Crippen molar-refractivity contribution in [3.05, 3.63) is 48.0 Å². The molecule has 0 saturated heterocycles. The first-order valence-corrected chi connectivity index (χ1v) is 8.98. The summed E-state index contributed by atoms with van der Waals surface area (Å²) in [5.74, 6) is 0.459.